The molecule has 0 spiro atoms. The van der Waals surface area contributed by atoms with Gasteiger partial charge in [0.25, 0.3) is 0 Å². The number of aliphatic hydroxyl groups is 1. The molecule has 3 nitrogen and oxygen atoms in total. The monoisotopic (exact) mass is 184 g/mol. The minimum atomic E-state index is 0.154. The molecule has 1 heterocycles. The summed E-state index contributed by atoms with van der Waals surface area (Å²) < 4.78 is 0. The van der Waals surface area contributed by atoms with Crippen molar-refractivity contribution < 1.29 is 5.11 Å². The third kappa shape index (κ3) is 2.71. The Labute approximate surface area is 76.0 Å². The first-order chi connectivity index (χ1) is 5.72. The van der Waals surface area contributed by atoms with Gasteiger partial charge >= 0.3 is 0 Å². The van der Waals surface area contributed by atoms with Crippen molar-refractivity contribution in [2.24, 2.45) is 0 Å². The molecular weight excluding hydrogens is 172 g/mol. The van der Waals surface area contributed by atoms with Gasteiger partial charge in [-0.15, -0.1) is 11.8 Å². The van der Waals surface area contributed by atoms with Crippen LogP contribution in [-0.4, -0.2) is 21.9 Å². The number of aliphatic hydroxyl groups excluding tert-OH is 1. The number of pyridine rings is 1. The molecule has 66 valence electrons. The van der Waals surface area contributed by atoms with Crippen LogP contribution in [-0.2, 0) is 0 Å². The highest BCUT2D eigenvalue weighted by Gasteiger charge is 2.03. The largest absolute Gasteiger partial charge is 0.399 e. The van der Waals surface area contributed by atoms with Gasteiger partial charge in [0.05, 0.1) is 11.6 Å². The number of nitrogens with zero attached hydrogens (tertiary/aromatic N) is 1. The van der Waals surface area contributed by atoms with Crippen LogP contribution < -0.4 is 5.73 Å². The van der Waals surface area contributed by atoms with Crippen molar-refractivity contribution in [3.8, 4) is 0 Å². The fraction of sp³-hybridized carbons (Fsp3) is 0.375. The number of anilines is 1. The Balaban J connectivity index is 2.63. The second-order valence-electron chi connectivity index (χ2n) is 2.54. The molecule has 1 aromatic heterocycles. The van der Waals surface area contributed by atoms with Gasteiger partial charge in [0.15, 0.2) is 0 Å². The van der Waals surface area contributed by atoms with E-state index in [-0.39, 0.29) is 11.9 Å². The molecule has 1 atom stereocenters. The smallest absolute Gasteiger partial charge is 0.0983 e. The molecule has 0 amide bonds. The normalized spacial score (nSPS) is 12.8. The molecule has 0 aliphatic heterocycles. The van der Waals surface area contributed by atoms with Gasteiger partial charge in [0, 0.05) is 17.1 Å². The van der Waals surface area contributed by atoms with Crippen molar-refractivity contribution >= 4 is 17.4 Å². The number of thioether (sulfide) groups is 1. The zero-order valence-corrected chi connectivity index (χ0v) is 7.71. The molecule has 1 rings (SSSR count). The van der Waals surface area contributed by atoms with Crippen LogP contribution in [0.15, 0.2) is 23.4 Å². The molecule has 0 saturated heterocycles. The van der Waals surface area contributed by atoms with E-state index in [0.717, 1.165) is 5.03 Å². The predicted molar refractivity (Wildman–Crippen MR) is 51.1 cm³/mol. The second kappa shape index (κ2) is 4.33. The Kier molecular flexibility index (Phi) is 3.37. The van der Waals surface area contributed by atoms with Crippen molar-refractivity contribution in [1.29, 1.82) is 0 Å². The molecule has 12 heavy (non-hydrogen) atoms. The number of nitrogen functional groups attached to an aromatic ring is 1. The predicted octanol–water partition coefficient (Wildman–Crippen LogP) is 1.14. The highest BCUT2D eigenvalue weighted by atomic mass is 32.2. The van der Waals surface area contributed by atoms with Gasteiger partial charge in [-0.25, -0.2) is 4.98 Å². The van der Waals surface area contributed by atoms with Crippen molar-refractivity contribution in [2.75, 3.05) is 12.3 Å². The molecule has 0 aliphatic rings. The van der Waals surface area contributed by atoms with E-state index in [0.29, 0.717) is 5.69 Å². The van der Waals surface area contributed by atoms with Crippen LogP contribution in [0.5, 0.6) is 0 Å². The van der Waals surface area contributed by atoms with E-state index in [1.165, 1.54) is 11.8 Å². The summed E-state index contributed by atoms with van der Waals surface area (Å²) >= 11 is 1.52. The van der Waals surface area contributed by atoms with Gasteiger partial charge in [0.1, 0.15) is 0 Å². The minimum absolute atomic E-state index is 0.154. The number of hydrogen-bond acceptors (Lipinski definition) is 4. The van der Waals surface area contributed by atoms with E-state index in [2.05, 4.69) is 4.98 Å². The van der Waals surface area contributed by atoms with E-state index < -0.39 is 0 Å². The molecule has 0 saturated carbocycles. The molecule has 0 radical (unpaired) electrons. The number of nitrogens with two attached hydrogens (primary N) is 1. The molecule has 4 heteroatoms. The third-order valence-corrected chi connectivity index (χ3v) is 2.35. The summed E-state index contributed by atoms with van der Waals surface area (Å²) in [5.74, 6) is 0. The summed E-state index contributed by atoms with van der Waals surface area (Å²) in [7, 11) is 0. The summed E-state index contributed by atoms with van der Waals surface area (Å²) in [4.78, 5) is 4.10. The van der Waals surface area contributed by atoms with Gasteiger partial charge < -0.3 is 10.8 Å². The molecule has 0 fully saturated rings. The van der Waals surface area contributed by atoms with Gasteiger partial charge in [-0.3, -0.25) is 0 Å². The molecule has 0 aromatic carbocycles. The SMILES string of the molecule is CC(CO)Sc1cc(N)ccn1. The van der Waals surface area contributed by atoms with Crippen molar-refractivity contribution in [3.63, 3.8) is 0 Å². The van der Waals surface area contributed by atoms with Crippen LogP contribution in [0.2, 0.25) is 0 Å². The standard InChI is InChI=1S/C8H12N2OS/c1-6(5-11)12-8-4-7(9)2-3-10-8/h2-4,6,11H,5H2,1H3,(H2,9,10). The Hall–Kier alpha value is -0.740. The lowest BCUT2D eigenvalue weighted by Crippen LogP contribution is -2.02. The quantitative estimate of drug-likeness (QED) is 0.691. The zero-order chi connectivity index (χ0) is 8.97. The fourth-order valence-electron chi connectivity index (χ4n) is 0.733. The first-order valence-corrected chi connectivity index (χ1v) is 4.59. The van der Waals surface area contributed by atoms with Crippen LogP contribution in [0.4, 0.5) is 5.69 Å². The van der Waals surface area contributed by atoms with Crippen LogP contribution in [0.25, 0.3) is 0 Å². The van der Waals surface area contributed by atoms with Crippen LogP contribution in [0, 0.1) is 0 Å². The van der Waals surface area contributed by atoms with Gasteiger partial charge in [0.2, 0.25) is 0 Å². The lowest BCUT2D eigenvalue weighted by molar-refractivity contribution is 0.300. The van der Waals surface area contributed by atoms with E-state index in [1.54, 1.807) is 18.3 Å². The second-order valence-corrected chi connectivity index (χ2v) is 4.00. The van der Waals surface area contributed by atoms with Crippen LogP contribution in [0.3, 0.4) is 0 Å². The molecule has 0 bridgehead atoms. The fourth-order valence-corrected chi connectivity index (χ4v) is 1.55. The van der Waals surface area contributed by atoms with Crippen LogP contribution >= 0.6 is 11.8 Å². The third-order valence-electron chi connectivity index (χ3n) is 1.34. The minimum Gasteiger partial charge on any atom is -0.399 e. The number of hydrogen-bond donors (Lipinski definition) is 2. The average molecular weight is 184 g/mol. The Bertz CT molecular complexity index is 255. The summed E-state index contributed by atoms with van der Waals surface area (Å²) in [6, 6.07) is 3.55. The van der Waals surface area contributed by atoms with Crippen molar-refractivity contribution in [1.82, 2.24) is 4.98 Å². The average Bonchev–Trinajstić information content (AvgIpc) is 2.04. The number of rotatable bonds is 3. The molecule has 0 aliphatic carbocycles. The van der Waals surface area contributed by atoms with E-state index >= 15 is 0 Å². The van der Waals surface area contributed by atoms with Gasteiger partial charge in [-0.05, 0) is 12.1 Å². The van der Waals surface area contributed by atoms with Gasteiger partial charge in [-0.1, -0.05) is 6.92 Å². The summed E-state index contributed by atoms with van der Waals surface area (Å²) in [5, 5.41) is 9.81. The Morgan fingerprint density at radius 2 is 2.50 bits per heavy atom. The van der Waals surface area contributed by atoms with Crippen molar-refractivity contribution in [2.45, 2.75) is 17.2 Å². The lowest BCUT2D eigenvalue weighted by atomic mass is 10.4. The summed E-state index contributed by atoms with van der Waals surface area (Å²) in [6.45, 7) is 2.09. The van der Waals surface area contributed by atoms with Gasteiger partial charge in [-0.2, -0.15) is 0 Å². The maximum Gasteiger partial charge on any atom is 0.0983 e. The first kappa shape index (κ1) is 9.35. The number of aromatic nitrogens is 1. The maximum absolute atomic E-state index is 8.79. The highest BCUT2D eigenvalue weighted by Crippen LogP contribution is 2.21. The Morgan fingerprint density at radius 3 is 3.08 bits per heavy atom. The van der Waals surface area contributed by atoms with E-state index in [1.807, 2.05) is 6.92 Å². The first-order valence-electron chi connectivity index (χ1n) is 3.71. The summed E-state index contributed by atoms with van der Waals surface area (Å²) in [5.41, 5.74) is 6.27. The zero-order valence-electron chi connectivity index (χ0n) is 6.90. The Morgan fingerprint density at radius 1 is 1.75 bits per heavy atom. The molecule has 3 N–H and O–H groups in total. The molecular formula is C8H12N2OS. The highest BCUT2D eigenvalue weighted by molar-refractivity contribution is 7.99. The lowest BCUT2D eigenvalue weighted by Gasteiger charge is -2.06. The topological polar surface area (TPSA) is 59.1 Å². The maximum atomic E-state index is 8.79. The molecule has 1 aromatic rings. The molecule has 1 unspecified atom stereocenters. The van der Waals surface area contributed by atoms with Crippen LogP contribution in [0.1, 0.15) is 6.92 Å². The van der Waals surface area contributed by atoms with E-state index in [4.69, 9.17) is 10.8 Å². The summed E-state index contributed by atoms with van der Waals surface area (Å²) in [6.07, 6.45) is 1.67. The van der Waals surface area contributed by atoms with Crippen molar-refractivity contribution in [3.05, 3.63) is 18.3 Å². The van der Waals surface area contributed by atoms with E-state index in [9.17, 15) is 0 Å².